The molecular weight excluding hydrogens is 340 g/mol. The molecule has 1 N–H and O–H groups in total. The maximum atomic E-state index is 12.8. The lowest BCUT2D eigenvalue weighted by Crippen LogP contribution is -2.50. The van der Waals surface area contributed by atoms with Crippen molar-refractivity contribution in [2.24, 2.45) is 0 Å². The molecule has 0 spiro atoms. The van der Waals surface area contributed by atoms with E-state index in [4.69, 9.17) is 0 Å². The molecule has 6 heteroatoms. The zero-order chi connectivity index (χ0) is 19.2. The zero-order valence-corrected chi connectivity index (χ0v) is 15.9. The fourth-order valence-corrected chi connectivity index (χ4v) is 3.13. The monoisotopic (exact) mass is 366 g/mol. The van der Waals surface area contributed by atoms with E-state index in [1.54, 1.807) is 0 Å². The number of piperazine rings is 1. The van der Waals surface area contributed by atoms with Crippen LogP contribution in [-0.4, -0.2) is 68.4 Å². The van der Waals surface area contributed by atoms with Crippen LogP contribution < -0.4 is 10.2 Å². The SMILES string of the molecule is CN(C)c1cccc(C(=O)N2CCN(CC(=O)Nc3ccccc3)CC2)c1. The van der Waals surface area contributed by atoms with Crippen LogP contribution in [0.25, 0.3) is 0 Å². The van der Waals surface area contributed by atoms with Gasteiger partial charge in [-0.15, -0.1) is 0 Å². The summed E-state index contributed by atoms with van der Waals surface area (Å²) in [4.78, 5) is 30.9. The minimum atomic E-state index is -0.0281. The number of para-hydroxylation sites is 1. The van der Waals surface area contributed by atoms with Crippen molar-refractivity contribution < 1.29 is 9.59 Å². The van der Waals surface area contributed by atoms with Gasteiger partial charge in [-0.25, -0.2) is 0 Å². The van der Waals surface area contributed by atoms with E-state index in [2.05, 4.69) is 10.2 Å². The lowest BCUT2D eigenvalue weighted by Gasteiger charge is -2.34. The van der Waals surface area contributed by atoms with Gasteiger partial charge in [0.1, 0.15) is 0 Å². The standard InChI is InChI=1S/C21H26N4O2/c1-23(2)19-10-6-7-17(15-19)21(27)25-13-11-24(12-14-25)16-20(26)22-18-8-4-3-5-9-18/h3-10,15H,11-14,16H2,1-2H3,(H,22,26). The Kier molecular flexibility index (Phi) is 6.08. The summed E-state index contributed by atoms with van der Waals surface area (Å²) in [6.07, 6.45) is 0. The minimum Gasteiger partial charge on any atom is -0.378 e. The molecule has 1 heterocycles. The summed E-state index contributed by atoms with van der Waals surface area (Å²) >= 11 is 0. The molecule has 6 nitrogen and oxygen atoms in total. The zero-order valence-electron chi connectivity index (χ0n) is 15.9. The normalized spacial score (nSPS) is 14.7. The predicted octanol–water partition coefficient (Wildman–Crippen LogP) is 2.15. The van der Waals surface area contributed by atoms with E-state index in [1.165, 1.54) is 0 Å². The highest BCUT2D eigenvalue weighted by Crippen LogP contribution is 2.16. The number of benzene rings is 2. The average Bonchev–Trinajstić information content (AvgIpc) is 2.69. The number of rotatable bonds is 5. The van der Waals surface area contributed by atoms with E-state index in [1.807, 2.05) is 78.5 Å². The van der Waals surface area contributed by atoms with Crippen LogP contribution in [0.3, 0.4) is 0 Å². The van der Waals surface area contributed by atoms with Gasteiger partial charge in [-0.1, -0.05) is 24.3 Å². The molecule has 2 aromatic carbocycles. The summed E-state index contributed by atoms with van der Waals surface area (Å²) in [6.45, 7) is 2.99. The third-order valence-corrected chi connectivity index (χ3v) is 4.69. The smallest absolute Gasteiger partial charge is 0.254 e. The number of carbonyl (C=O) groups is 2. The van der Waals surface area contributed by atoms with Crippen molar-refractivity contribution in [3.8, 4) is 0 Å². The van der Waals surface area contributed by atoms with E-state index in [0.29, 0.717) is 38.3 Å². The third kappa shape index (κ3) is 5.08. The first kappa shape index (κ1) is 18.9. The largest absolute Gasteiger partial charge is 0.378 e. The number of anilines is 2. The Morgan fingerprint density at radius 3 is 2.33 bits per heavy atom. The van der Waals surface area contributed by atoms with Crippen molar-refractivity contribution in [3.63, 3.8) is 0 Å². The van der Waals surface area contributed by atoms with Crippen LogP contribution in [0.5, 0.6) is 0 Å². The van der Waals surface area contributed by atoms with E-state index in [0.717, 1.165) is 11.4 Å². The third-order valence-electron chi connectivity index (χ3n) is 4.69. The van der Waals surface area contributed by atoms with Crippen LogP contribution in [-0.2, 0) is 4.79 Å². The molecule has 1 aliphatic rings. The first-order chi connectivity index (χ1) is 13.0. The van der Waals surface area contributed by atoms with Gasteiger partial charge in [-0.3, -0.25) is 14.5 Å². The summed E-state index contributed by atoms with van der Waals surface area (Å²) in [5.41, 5.74) is 2.52. The summed E-state index contributed by atoms with van der Waals surface area (Å²) < 4.78 is 0. The second kappa shape index (κ2) is 8.68. The molecule has 1 fully saturated rings. The van der Waals surface area contributed by atoms with E-state index in [-0.39, 0.29) is 11.8 Å². The highest BCUT2D eigenvalue weighted by Gasteiger charge is 2.23. The molecule has 0 aliphatic carbocycles. The van der Waals surface area contributed by atoms with Crippen molar-refractivity contribution in [1.29, 1.82) is 0 Å². The first-order valence-electron chi connectivity index (χ1n) is 9.17. The Balaban J connectivity index is 1.50. The first-order valence-corrected chi connectivity index (χ1v) is 9.17. The molecule has 142 valence electrons. The fourth-order valence-electron chi connectivity index (χ4n) is 3.13. The fraction of sp³-hybridized carbons (Fsp3) is 0.333. The topological polar surface area (TPSA) is 55.9 Å². The van der Waals surface area contributed by atoms with E-state index >= 15 is 0 Å². The molecule has 1 aliphatic heterocycles. The highest BCUT2D eigenvalue weighted by molar-refractivity contribution is 5.95. The van der Waals surface area contributed by atoms with Gasteiger partial charge in [0.25, 0.3) is 5.91 Å². The summed E-state index contributed by atoms with van der Waals surface area (Å²) in [6, 6.07) is 17.1. The Bertz CT molecular complexity index is 784. The van der Waals surface area contributed by atoms with Crippen LogP contribution in [0.2, 0.25) is 0 Å². The van der Waals surface area contributed by atoms with Crippen molar-refractivity contribution in [3.05, 3.63) is 60.2 Å². The molecule has 0 aromatic heterocycles. The van der Waals surface area contributed by atoms with Crippen molar-refractivity contribution in [1.82, 2.24) is 9.80 Å². The van der Waals surface area contributed by atoms with Crippen LogP contribution in [0.15, 0.2) is 54.6 Å². The summed E-state index contributed by atoms with van der Waals surface area (Å²) in [5.74, 6) is 0.0201. The van der Waals surface area contributed by atoms with Gasteiger partial charge >= 0.3 is 0 Å². The summed E-state index contributed by atoms with van der Waals surface area (Å²) in [5, 5.41) is 2.90. The number of carbonyl (C=O) groups excluding carboxylic acids is 2. The van der Waals surface area contributed by atoms with E-state index < -0.39 is 0 Å². The van der Waals surface area contributed by atoms with Gasteiger partial charge in [-0.2, -0.15) is 0 Å². The molecule has 0 unspecified atom stereocenters. The Morgan fingerprint density at radius 2 is 1.67 bits per heavy atom. The van der Waals surface area contributed by atoms with Crippen LogP contribution in [0, 0.1) is 0 Å². The Hall–Kier alpha value is -2.86. The van der Waals surface area contributed by atoms with Gasteiger partial charge in [0.2, 0.25) is 5.91 Å². The highest BCUT2D eigenvalue weighted by atomic mass is 16.2. The second-order valence-electron chi connectivity index (χ2n) is 6.93. The number of nitrogens with zero attached hydrogens (tertiary/aromatic N) is 3. The van der Waals surface area contributed by atoms with Crippen molar-refractivity contribution >= 4 is 23.2 Å². The Labute approximate surface area is 160 Å². The second-order valence-corrected chi connectivity index (χ2v) is 6.93. The molecule has 27 heavy (non-hydrogen) atoms. The van der Waals surface area contributed by atoms with Crippen LogP contribution >= 0.6 is 0 Å². The van der Waals surface area contributed by atoms with E-state index in [9.17, 15) is 9.59 Å². The predicted molar refractivity (Wildman–Crippen MR) is 108 cm³/mol. The summed E-state index contributed by atoms with van der Waals surface area (Å²) in [7, 11) is 3.92. The number of hydrogen-bond acceptors (Lipinski definition) is 4. The van der Waals surface area contributed by atoms with Crippen molar-refractivity contribution in [2.45, 2.75) is 0 Å². The van der Waals surface area contributed by atoms with Crippen LogP contribution in [0.4, 0.5) is 11.4 Å². The molecule has 2 amide bonds. The molecule has 0 radical (unpaired) electrons. The maximum Gasteiger partial charge on any atom is 0.254 e. The number of nitrogens with one attached hydrogen (secondary N) is 1. The maximum absolute atomic E-state index is 12.8. The quantitative estimate of drug-likeness (QED) is 0.881. The molecular formula is C21H26N4O2. The Morgan fingerprint density at radius 1 is 0.963 bits per heavy atom. The molecule has 3 rings (SSSR count). The lowest BCUT2D eigenvalue weighted by atomic mass is 10.1. The van der Waals surface area contributed by atoms with Gasteiger partial charge in [0, 0.05) is 57.2 Å². The average molecular weight is 366 g/mol. The molecule has 0 atom stereocenters. The molecule has 0 bridgehead atoms. The minimum absolute atomic E-state index is 0.0281. The molecule has 1 saturated heterocycles. The van der Waals surface area contributed by atoms with Crippen molar-refractivity contribution in [2.75, 3.05) is 57.0 Å². The van der Waals surface area contributed by atoms with Gasteiger partial charge in [0.05, 0.1) is 6.54 Å². The van der Waals surface area contributed by atoms with Gasteiger partial charge in [0.15, 0.2) is 0 Å². The molecule has 0 saturated carbocycles. The lowest BCUT2D eigenvalue weighted by molar-refractivity contribution is -0.117. The molecule has 2 aromatic rings. The van der Waals surface area contributed by atoms with Crippen LogP contribution in [0.1, 0.15) is 10.4 Å². The van der Waals surface area contributed by atoms with Gasteiger partial charge in [-0.05, 0) is 30.3 Å². The number of hydrogen-bond donors (Lipinski definition) is 1. The number of amides is 2. The van der Waals surface area contributed by atoms with Gasteiger partial charge < -0.3 is 15.1 Å².